The first-order valence-electron chi connectivity index (χ1n) is 7.54. The summed E-state index contributed by atoms with van der Waals surface area (Å²) in [6.45, 7) is 0.731. The van der Waals surface area contributed by atoms with Crippen LogP contribution in [0.1, 0.15) is 25.7 Å². The van der Waals surface area contributed by atoms with E-state index in [1.807, 2.05) is 29.1 Å². The molecular weight excluding hydrogens is 284 g/mol. The molecule has 0 bridgehead atoms. The fourth-order valence-corrected chi connectivity index (χ4v) is 3.41. The summed E-state index contributed by atoms with van der Waals surface area (Å²) in [4.78, 5) is 0. The van der Waals surface area contributed by atoms with Gasteiger partial charge in [-0.05, 0) is 43.5 Å². The molecule has 1 aliphatic carbocycles. The highest BCUT2D eigenvalue weighted by atomic mass is 35.5. The van der Waals surface area contributed by atoms with E-state index >= 15 is 0 Å². The molecule has 1 fully saturated rings. The van der Waals surface area contributed by atoms with Gasteiger partial charge in [0.05, 0.1) is 10.7 Å². The molecule has 1 aromatic heterocycles. The molecule has 1 heterocycles. The molecule has 1 saturated carbocycles. The normalized spacial score (nSPS) is 22.2. The van der Waals surface area contributed by atoms with Crippen molar-refractivity contribution >= 4 is 17.3 Å². The highest BCUT2D eigenvalue weighted by Gasteiger charge is 2.25. The molecule has 2 aromatic rings. The van der Waals surface area contributed by atoms with E-state index in [9.17, 15) is 0 Å². The zero-order valence-electron chi connectivity index (χ0n) is 12.0. The molecule has 2 atom stereocenters. The largest absolute Gasteiger partial charge is 0.380 e. The van der Waals surface area contributed by atoms with Crippen molar-refractivity contribution in [3.63, 3.8) is 0 Å². The highest BCUT2D eigenvalue weighted by molar-refractivity contribution is 6.33. The average molecular weight is 305 g/mol. The van der Waals surface area contributed by atoms with Crippen molar-refractivity contribution in [1.29, 1.82) is 0 Å². The summed E-state index contributed by atoms with van der Waals surface area (Å²) < 4.78 is 1.81. The topological polar surface area (TPSA) is 55.9 Å². The van der Waals surface area contributed by atoms with Crippen LogP contribution in [0.5, 0.6) is 0 Å². The molecule has 1 aromatic carbocycles. The molecule has 5 heteroatoms. The number of nitrogens with zero attached hydrogens (tertiary/aromatic N) is 2. The van der Waals surface area contributed by atoms with Crippen LogP contribution in [0, 0.1) is 5.92 Å². The second-order valence-electron chi connectivity index (χ2n) is 5.62. The van der Waals surface area contributed by atoms with Gasteiger partial charge in [0.25, 0.3) is 0 Å². The first-order chi connectivity index (χ1) is 10.3. The van der Waals surface area contributed by atoms with Gasteiger partial charge in [0, 0.05) is 18.4 Å². The predicted octanol–water partition coefficient (Wildman–Crippen LogP) is 3.46. The zero-order chi connectivity index (χ0) is 14.7. The van der Waals surface area contributed by atoms with Crippen molar-refractivity contribution in [2.75, 3.05) is 11.9 Å². The fraction of sp³-hybridized carbons (Fsp3) is 0.438. The molecule has 0 saturated heterocycles. The highest BCUT2D eigenvalue weighted by Crippen LogP contribution is 2.32. The molecule has 0 radical (unpaired) electrons. The lowest BCUT2D eigenvalue weighted by Crippen LogP contribution is -2.37. The van der Waals surface area contributed by atoms with Crippen LogP contribution >= 0.6 is 11.6 Å². The third kappa shape index (κ3) is 3.06. The Balaban J connectivity index is 1.90. The maximum atomic E-state index is 6.38. The molecule has 3 rings (SSSR count). The predicted molar refractivity (Wildman–Crippen MR) is 87.0 cm³/mol. The monoisotopic (exact) mass is 304 g/mol. The van der Waals surface area contributed by atoms with Crippen LogP contribution in [-0.4, -0.2) is 22.4 Å². The smallest absolute Gasteiger partial charge is 0.106 e. The average Bonchev–Trinajstić information content (AvgIpc) is 3.02. The number of benzene rings is 1. The van der Waals surface area contributed by atoms with Crippen molar-refractivity contribution in [2.24, 2.45) is 11.7 Å². The lowest BCUT2D eigenvalue weighted by molar-refractivity contribution is 0.332. The van der Waals surface area contributed by atoms with E-state index in [1.165, 1.54) is 19.3 Å². The summed E-state index contributed by atoms with van der Waals surface area (Å²) >= 11 is 6.38. The van der Waals surface area contributed by atoms with Gasteiger partial charge in [0.1, 0.15) is 5.69 Å². The molecule has 0 spiro atoms. The van der Waals surface area contributed by atoms with Crippen molar-refractivity contribution in [3.8, 4) is 5.69 Å². The number of rotatable bonds is 4. The minimum atomic E-state index is 0.413. The Kier molecular flexibility index (Phi) is 4.46. The van der Waals surface area contributed by atoms with Gasteiger partial charge in [-0.2, -0.15) is 5.10 Å². The molecule has 2 unspecified atom stereocenters. The summed E-state index contributed by atoms with van der Waals surface area (Å²) in [5.41, 5.74) is 7.86. The van der Waals surface area contributed by atoms with Crippen molar-refractivity contribution in [1.82, 2.24) is 9.78 Å². The van der Waals surface area contributed by atoms with Gasteiger partial charge >= 0.3 is 0 Å². The minimum Gasteiger partial charge on any atom is -0.380 e. The maximum absolute atomic E-state index is 6.38. The van der Waals surface area contributed by atoms with Crippen LogP contribution < -0.4 is 11.1 Å². The minimum absolute atomic E-state index is 0.413. The van der Waals surface area contributed by atoms with E-state index in [2.05, 4.69) is 16.5 Å². The second-order valence-corrected chi connectivity index (χ2v) is 6.02. The first-order valence-corrected chi connectivity index (χ1v) is 7.92. The van der Waals surface area contributed by atoms with Crippen LogP contribution in [0.3, 0.4) is 0 Å². The SMILES string of the molecule is NCC1CCCCC1Nc1cccc(Cl)c1-n1cccn1. The molecule has 4 nitrogen and oxygen atoms in total. The summed E-state index contributed by atoms with van der Waals surface area (Å²) in [7, 11) is 0. The van der Waals surface area contributed by atoms with E-state index in [0.717, 1.165) is 24.3 Å². The van der Waals surface area contributed by atoms with Crippen molar-refractivity contribution in [3.05, 3.63) is 41.7 Å². The van der Waals surface area contributed by atoms with Gasteiger partial charge in [0.2, 0.25) is 0 Å². The van der Waals surface area contributed by atoms with Crippen molar-refractivity contribution < 1.29 is 0 Å². The number of hydrogen-bond acceptors (Lipinski definition) is 3. The third-order valence-electron chi connectivity index (χ3n) is 4.27. The number of nitrogens with one attached hydrogen (secondary N) is 1. The van der Waals surface area contributed by atoms with Gasteiger partial charge in [-0.25, -0.2) is 4.68 Å². The summed E-state index contributed by atoms with van der Waals surface area (Å²) in [6.07, 6.45) is 8.57. The molecule has 112 valence electrons. The zero-order valence-corrected chi connectivity index (χ0v) is 12.8. The van der Waals surface area contributed by atoms with Gasteiger partial charge in [0.15, 0.2) is 0 Å². The van der Waals surface area contributed by atoms with Crippen molar-refractivity contribution in [2.45, 2.75) is 31.7 Å². The third-order valence-corrected chi connectivity index (χ3v) is 4.58. The summed E-state index contributed by atoms with van der Waals surface area (Å²) in [5.74, 6) is 0.531. The van der Waals surface area contributed by atoms with Gasteiger partial charge in [-0.3, -0.25) is 0 Å². The Morgan fingerprint density at radius 1 is 1.29 bits per heavy atom. The van der Waals surface area contributed by atoms with Crippen LogP contribution in [0.25, 0.3) is 5.69 Å². The lowest BCUT2D eigenvalue weighted by atomic mass is 9.84. The Hall–Kier alpha value is -1.52. The Morgan fingerprint density at radius 2 is 2.14 bits per heavy atom. The van der Waals surface area contributed by atoms with Gasteiger partial charge < -0.3 is 11.1 Å². The van der Waals surface area contributed by atoms with E-state index < -0.39 is 0 Å². The van der Waals surface area contributed by atoms with Gasteiger partial charge in [-0.15, -0.1) is 0 Å². The standard InChI is InChI=1S/C16H21ClN4/c17-13-6-3-8-15(16(13)21-10-4-9-19-21)20-14-7-2-1-5-12(14)11-18/h3-4,6,8-10,12,14,20H,1-2,5,7,11,18H2. The van der Waals surface area contributed by atoms with Crippen LogP contribution in [-0.2, 0) is 0 Å². The second kappa shape index (κ2) is 6.50. The number of aromatic nitrogens is 2. The van der Waals surface area contributed by atoms with E-state index in [0.29, 0.717) is 17.0 Å². The molecule has 3 N–H and O–H groups in total. The Bertz CT molecular complexity index is 582. The maximum Gasteiger partial charge on any atom is 0.106 e. The quantitative estimate of drug-likeness (QED) is 0.909. The molecule has 0 aliphatic heterocycles. The number of nitrogens with two attached hydrogens (primary N) is 1. The number of halogens is 1. The van der Waals surface area contributed by atoms with E-state index in [-0.39, 0.29) is 0 Å². The lowest BCUT2D eigenvalue weighted by Gasteiger charge is -2.32. The van der Waals surface area contributed by atoms with Crippen LogP contribution in [0.4, 0.5) is 5.69 Å². The van der Waals surface area contributed by atoms with E-state index in [1.54, 1.807) is 6.20 Å². The fourth-order valence-electron chi connectivity index (χ4n) is 3.15. The molecule has 21 heavy (non-hydrogen) atoms. The van der Waals surface area contributed by atoms with Gasteiger partial charge in [-0.1, -0.05) is 30.5 Å². The molecular formula is C16H21ClN4. The molecule has 0 amide bonds. The molecule has 1 aliphatic rings. The Labute approximate surface area is 130 Å². The Morgan fingerprint density at radius 3 is 2.90 bits per heavy atom. The number of para-hydroxylation sites is 1. The summed E-state index contributed by atoms with van der Waals surface area (Å²) in [6, 6.07) is 8.24. The first kappa shape index (κ1) is 14.4. The van der Waals surface area contributed by atoms with Crippen LogP contribution in [0.15, 0.2) is 36.7 Å². The van der Waals surface area contributed by atoms with Crippen LogP contribution in [0.2, 0.25) is 5.02 Å². The van der Waals surface area contributed by atoms with E-state index in [4.69, 9.17) is 17.3 Å². The summed E-state index contributed by atoms with van der Waals surface area (Å²) in [5, 5.41) is 8.66. The number of anilines is 1. The number of hydrogen-bond donors (Lipinski definition) is 2.